The van der Waals surface area contributed by atoms with Crippen molar-refractivity contribution < 1.29 is 19.4 Å². The maximum Gasteiger partial charge on any atom is 0.335 e. The summed E-state index contributed by atoms with van der Waals surface area (Å²) in [6.07, 6.45) is 1.38. The van der Waals surface area contributed by atoms with E-state index in [2.05, 4.69) is 9.97 Å². The molecule has 3 rings (SSSR count). The van der Waals surface area contributed by atoms with E-state index in [9.17, 15) is 4.79 Å². The third-order valence-electron chi connectivity index (χ3n) is 2.73. The third kappa shape index (κ3) is 1.86. The molecule has 2 heterocycles. The predicted octanol–water partition coefficient (Wildman–Crippen LogP) is 1.11. The largest absolute Gasteiger partial charge is 0.478 e. The SMILES string of the molecule is O=C(O)c1ccc2c(OC3COC3)ncnc2c1. The Hall–Kier alpha value is -2.21. The van der Waals surface area contributed by atoms with E-state index >= 15 is 0 Å². The van der Waals surface area contributed by atoms with Crippen molar-refractivity contribution in [1.82, 2.24) is 9.97 Å². The average Bonchev–Trinajstić information content (AvgIpc) is 2.33. The zero-order valence-corrected chi connectivity index (χ0v) is 9.37. The molecule has 18 heavy (non-hydrogen) atoms. The van der Waals surface area contributed by atoms with Crippen LogP contribution in [0.2, 0.25) is 0 Å². The van der Waals surface area contributed by atoms with Gasteiger partial charge in [0.1, 0.15) is 12.4 Å². The van der Waals surface area contributed by atoms with E-state index in [1.807, 2.05) is 0 Å². The van der Waals surface area contributed by atoms with Crippen molar-refractivity contribution in [2.24, 2.45) is 0 Å². The fraction of sp³-hybridized carbons (Fsp3) is 0.250. The van der Waals surface area contributed by atoms with E-state index < -0.39 is 5.97 Å². The number of fused-ring (bicyclic) bond motifs is 1. The second-order valence-electron chi connectivity index (χ2n) is 3.99. The first kappa shape index (κ1) is 10.9. The zero-order chi connectivity index (χ0) is 12.5. The number of benzene rings is 1. The predicted molar refractivity (Wildman–Crippen MR) is 61.7 cm³/mol. The summed E-state index contributed by atoms with van der Waals surface area (Å²) in [4.78, 5) is 19.0. The van der Waals surface area contributed by atoms with Crippen molar-refractivity contribution in [3.8, 4) is 5.88 Å². The molecule has 1 aromatic heterocycles. The average molecular weight is 246 g/mol. The molecular formula is C12H10N2O4. The van der Waals surface area contributed by atoms with E-state index in [4.69, 9.17) is 14.6 Å². The minimum atomic E-state index is -0.981. The summed E-state index contributed by atoms with van der Waals surface area (Å²) >= 11 is 0. The molecule has 1 aliphatic heterocycles. The Morgan fingerprint density at radius 3 is 2.89 bits per heavy atom. The number of hydrogen-bond acceptors (Lipinski definition) is 5. The lowest BCUT2D eigenvalue weighted by atomic mass is 10.1. The lowest BCUT2D eigenvalue weighted by Crippen LogP contribution is -2.38. The van der Waals surface area contributed by atoms with Gasteiger partial charge in [-0.1, -0.05) is 0 Å². The van der Waals surface area contributed by atoms with Crippen molar-refractivity contribution in [3.05, 3.63) is 30.1 Å². The first-order valence-corrected chi connectivity index (χ1v) is 5.46. The van der Waals surface area contributed by atoms with Crippen LogP contribution in [0.4, 0.5) is 0 Å². The summed E-state index contributed by atoms with van der Waals surface area (Å²) in [6, 6.07) is 4.68. The quantitative estimate of drug-likeness (QED) is 0.873. The molecule has 92 valence electrons. The Morgan fingerprint density at radius 2 is 2.22 bits per heavy atom. The van der Waals surface area contributed by atoms with Gasteiger partial charge >= 0.3 is 5.97 Å². The van der Waals surface area contributed by atoms with Crippen molar-refractivity contribution in [3.63, 3.8) is 0 Å². The Bertz CT molecular complexity index is 610. The third-order valence-corrected chi connectivity index (χ3v) is 2.73. The van der Waals surface area contributed by atoms with Gasteiger partial charge in [-0.15, -0.1) is 0 Å². The highest BCUT2D eigenvalue weighted by Crippen LogP contribution is 2.24. The number of nitrogens with zero attached hydrogens (tertiary/aromatic N) is 2. The molecule has 0 saturated carbocycles. The van der Waals surface area contributed by atoms with Crippen molar-refractivity contribution in [1.29, 1.82) is 0 Å². The number of aromatic carboxylic acids is 1. The summed E-state index contributed by atoms with van der Waals surface area (Å²) in [7, 11) is 0. The zero-order valence-electron chi connectivity index (χ0n) is 9.37. The molecule has 0 aliphatic carbocycles. The molecule has 1 aliphatic rings. The topological polar surface area (TPSA) is 81.5 Å². The number of aromatic nitrogens is 2. The summed E-state index contributed by atoms with van der Waals surface area (Å²) in [5, 5.41) is 9.62. The second-order valence-corrected chi connectivity index (χ2v) is 3.99. The Labute approximate surface area is 102 Å². The normalized spacial score (nSPS) is 15.3. The maximum atomic E-state index is 10.9. The van der Waals surface area contributed by atoms with Gasteiger partial charge in [-0.2, -0.15) is 0 Å². The van der Waals surface area contributed by atoms with Gasteiger partial charge in [0.2, 0.25) is 5.88 Å². The first-order valence-electron chi connectivity index (χ1n) is 5.46. The standard InChI is InChI=1S/C12H10N2O4/c15-12(16)7-1-2-9-10(3-7)13-6-14-11(9)18-8-4-17-5-8/h1-3,6,8H,4-5H2,(H,15,16). The van der Waals surface area contributed by atoms with Crippen LogP contribution in [0.3, 0.4) is 0 Å². The molecule has 6 nitrogen and oxygen atoms in total. The summed E-state index contributed by atoms with van der Waals surface area (Å²) in [5.41, 5.74) is 0.749. The molecule has 0 amide bonds. The van der Waals surface area contributed by atoms with Gasteiger partial charge in [0.05, 0.1) is 29.7 Å². The number of hydrogen-bond donors (Lipinski definition) is 1. The van der Waals surface area contributed by atoms with Gasteiger partial charge in [-0.3, -0.25) is 0 Å². The lowest BCUT2D eigenvalue weighted by molar-refractivity contribution is -0.0807. The molecule has 6 heteroatoms. The minimum Gasteiger partial charge on any atom is -0.478 e. The lowest BCUT2D eigenvalue weighted by Gasteiger charge is -2.26. The smallest absolute Gasteiger partial charge is 0.335 e. The fourth-order valence-electron chi connectivity index (χ4n) is 1.70. The van der Waals surface area contributed by atoms with E-state index in [-0.39, 0.29) is 11.7 Å². The molecule has 2 aromatic rings. The van der Waals surface area contributed by atoms with Gasteiger partial charge in [-0.05, 0) is 18.2 Å². The number of ether oxygens (including phenoxy) is 2. The van der Waals surface area contributed by atoms with Crippen molar-refractivity contribution >= 4 is 16.9 Å². The minimum absolute atomic E-state index is 0.0160. The van der Waals surface area contributed by atoms with E-state index in [1.165, 1.54) is 18.5 Å². The number of carboxylic acids is 1. The van der Waals surface area contributed by atoms with Crippen LogP contribution < -0.4 is 4.74 Å². The van der Waals surface area contributed by atoms with Crippen molar-refractivity contribution in [2.75, 3.05) is 13.2 Å². The number of rotatable bonds is 3. The highest BCUT2D eigenvalue weighted by Gasteiger charge is 2.21. The Kier molecular flexibility index (Phi) is 2.56. The molecule has 0 spiro atoms. The van der Waals surface area contributed by atoms with Crippen molar-refractivity contribution in [2.45, 2.75) is 6.10 Å². The van der Waals surface area contributed by atoms with Crippen LogP contribution in [0.1, 0.15) is 10.4 Å². The van der Waals surface area contributed by atoms with Gasteiger partial charge in [-0.25, -0.2) is 14.8 Å². The van der Waals surface area contributed by atoms with Crippen LogP contribution in [0.15, 0.2) is 24.5 Å². The summed E-state index contributed by atoms with van der Waals surface area (Å²) < 4.78 is 10.7. The van der Waals surface area contributed by atoms with Gasteiger partial charge in [0.25, 0.3) is 0 Å². The fourth-order valence-corrected chi connectivity index (χ4v) is 1.70. The molecule has 0 unspecified atom stereocenters. The summed E-state index contributed by atoms with van der Waals surface area (Å²) in [6.45, 7) is 1.11. The first-order chi connectivity index (χ1) is 8.74. The Morgan fingerprint density at radius 1 is 1.39 bits per heavy atom. The molecule has 1 aromatic carbocycles. The second kappa shape index (κ2) is 4.23. The van der Waals surface area contributed by atoms with Crippen LogP contribution in [-0.2, 0) is 4.74 Å². The maximum absolute atomic E-state index is 10.9. The number of carbonyl (C=O) groups is 1. The molecule has 0 atom stereocenters. The monoisotopic (exact) mass is 246 g/mol. The molecule has 1 fully saturated rings. The number of carboxylic acid groups (broad SMARTS) is 1. The molecule has 0 bridgehead atoms. The van der Waals surface area contributed by atoms with Crippen LogP contribution in [0.25, 0.3) is 10.9 Å². The molecule has 0 radical (unpaired) electrons. The Balaban J connectivity index is 2.01. The highest BCUT2D eigenvalue weighted by molar-refractivity contribution is 5.94. The summed E-state index contributed by atoms with van der Waals surface area (Å²) in [5.74, 6) is -0.518. The molecule has 1 N–H and O–H groups in total. The van der Waals surface area contributed by atoms with E-state index in [0.717, 1.165) is 0 Å². The van der Waals surface area contributed by atoms with Gasteiger partial charge in [0, 0.05) is 0 Å². The molecular weight excluding hydrogens is 236 g/mol. The van der Waals surface area contributed by atoms with Gasteiger partial charge in [0.15, 0.2) is 0 Å². The van der Waals surface area contributed by atoms with Crippen LogP contribution in [0.5, 0.6) is 5.88 Å². The van der Waals surface area contributed by atoms with E-state index in [0.29, 0.717) is 30.0 Å². The van der Waals surface area contributed by atoms with Crippen LogP contribution >= 0.6 is 0 Å². The molecule has 1 saturated heterocycles. The van der Waals surface area contributed by atoms with Crippen LogP contribution in [0, 0.1) is 0 Å². The van der Waals surface area contributed by atoms with Crippen LogP contribution in [-0.4, -0.2) is 40.4 Å². The highest BCUT2D eigenvalue weighted by atomic mass is 16.6. The van der Waals surface area contributed by atoms with Gasteiger partial charge < -0.3 is 14.6 Å². The van der Waals surface area contributed by atoms with E-state index in [1.54, 1.807) is 6.07 Å².